The molecule has 116 valence electrons. The van der Waals surface area contributed by atoms with Gasteiger partial charge in [-0.3, -0.25) is 4.79 Å². The third-order valence-electron chi connectivity index (χ3n) is 2.76. The van der Waals surface area contributed by atoms with Crippen molar-refractivity contribution in [2.24, 2.45) is 0 Å². The van der Waals surface area contributed by atoms with Crippen molar-refractivity contribution in [3.05, 3.63) is 54.1 Å². The topological polar surface area (TPSA) is 47.6 Å². The lowest BCUT2D eigenvalue weighted by Crippen LogP contribution is -2.13. The van der Waals surface area contributed by atoms with Crippen LogP contribution in [0, 0.1) is 0 Å². The van der Waals surface area contributed by atoms with Crippen LogP contribution in [0.3, 0.4) is 0 Å². The number of alkyl halides is 2. The Morgan fingerprint density at radius 2 is 1.95 bits per heavy atom. The number of rotatable bonds is 6. The molecule has 0 aliphatic rings. The summed E-state index contributed by atoms with van der Waals surface area (Å²) in [7, 11) is 0. The van der Waals surface area contributed by atoms with E-state index in [1.165, 1.54) is 24.3 Å². The van der Waals surface area contributed by atoms with Gasteiger partial charge in [-0.15, -0.1) is 0 Å². The standard InChI is InChI=1S/C16H15F2NO3/c1-2-21-14-9-4-3-8-13(14)19-15(20)11-6-5-7-12(10-11)22-16(17)18/h3-10,16H,2H2,1H3,(H,19,20). The van der Waals surface area contributed by atoms with E-state index in [-0.39, 0.29) is 11.3 Å². The normalized spacial score (nSPS) is 10.4. The highest BCUT2D eigenvalue weighted by molar-refractivity contribution is 6.05. The molecule has 0 aliphatic carbocycles. The molecule has 6 heteroatoms. The number of benzene rings is 2. The Morgan fingerprint density at radius 1 is 1.18 bits per heavy atom. The van der Waals surface area contributed by atoms with Gasteiger partial charge in [0.25, 0.3) is 5.91 Å². The number of halogens is 2. The summed E-state index contributed by atoms with van der Waals surface area (Å²) in [6.07, 6.45) is 0. The highest BCUT2D eigenvalue weighted by Crippen LogP contribution is 2.25. The van der Waals surface area contributed by atoms with Crippen LogP contribution in [0.4, 0.5) is 14.5 Å². The van der Waals surface area contributed by atoms with E-state index in [1.807, 2.05) is 6.92 Å². The number of nitrogens with one attached hydrogen (secondary N) is 1. The fraction of sp³-hybridized carbons (Fsp3) is 0.188. The predicted molar refractivity (Wildman–Crippen MR) is 78.6 cm³/mol. The number of ether oxygens (including phenoxy) is 2. The largest absolute Gasteiger partial charge is 0.492 e. The van der Waals surface area contributed by atoms with Crippen molar-refractivity contribution in [2.45, 2.75) is 13.5 Å². The molecule has 0 saturated carbocycles. The molecule has 22 heavy (non-hydrogen) atoms. The molecule has 0 aliphatic heterocycles. The second kappa shape index (κ2) is 7.40. The molecular formula is C16H15F2NO3. The average molecular weight is 307 g/mol. The number of amides is 1. The van der Waals surface area contributed by atoms with Gasteiger partial charge >= 0.3 is 6.61 Å². The maximum absolute atomic E-state index is 12.2. The Labute approximate surface area is 126 Å². The highest BCUT2D eigenvalue weighted by Gasteiger charge is 2.11. The zero-order valence-electron chi connectivity index (χ0n) is 11.9. The highest BCUT2D eigenvalue weighted by atomic mass is 19.3. The first-order chi connectivity index (χ1) is 10.6. The summed E-state index contributed by atoms with van der Waals surface area (Å²) in [5, 5.41) is 2.69. The van der Waals surface area contributed by atoms with E-state index in [0.717, 1.165) is 0 Å². The van der Waals surface area contributed by atoms with Gasteiger partial charge in [0.2, 0.25) is 0 Å². The summed E-state index contributed by atoms with van der Waals surface area (Å²) >= 11 is 0. The lowest BCUT2D eigenvalue weighted by atomic mass is 10.2. The van der Waals surface area contributed by atoms with Gasteiger partial charge in [0.1, 0.15) is 11.5 Å². The Kier molecular flexibility index (Phi) is 5.30. The second-order valence-electron chi connectivity index (χ2n) is 4.29. The molecule has 0 spiro atoms. The Balaban J connectivity index is 2.15. The van der Waals surface area contributed by atoms with Crippen molar-refractivity contribution < 1.29 is 23.0 Å². The van der Waals surface area contributed by atoms with E-state index < -0.39 is 12.5 Å². The maximum atomic E-state index is 12.2. The van der Waals surface area contributed by atoms with E-state index in [9.17, 15) is 13.6 Å². The molecule has 0 aromatic heterocycles. The third-order valence-corrected chi connectivity index (χ3v) is 2.76. The van der Waals surface area contributed by atoms with Crippen LogP contribution in [0.25, 0.3) is 0 Å². The zero-order valence-corrected chi connectivity index (χ0v) is 11.9. The van der Waals surface area contributed by atoms with Gasteiger partial charge in [0.05, 0.1) is 12.3 Å². The molecule has 0 bridgehead atoms. The van der Waals surface area contributed by atoms with Gasteiger partial charge in [-0.1, -0.05) is 18.2 Å². The molecule has 0 radical (unpaired) electrons. The Bertz CT molecular complexity index is 647. The fourth-order valence-corrected chi connectivity index (χ4v) is 1.86. The predicted octanol–water partition coefficient (Wildman–Crippen LogP) is 3.94. The van der Waals surface area contributed by atoms with Crippen LogP contribution >= 0.6 is 0 Å². The van der Waals surface area contributed by atoms with Gasteiger partial charge in [-0.25, -0.2) is 0 Å². The smallest absolute Gasteiger partial charge is 0.387 e. The zero-order chi connectivity index (χ0) is 15.9. The fourth-order valence-electron chi connectivity index (χ4n) is 1.86. The minimum Gasteiger partial charge on any atom is -0.492 e. The van der Waals surface area contributed by atoms with Crippen molar-refractivity contribution >= 4 is 11.6 Å². The molecule has 2 aromatic rings. The van der Waals surface area contributed by atoms with Crippen molar-refractivity contribution in [3.63, 3.8) is 0 Å². The van der Waals surface area contributed by atoms with E-state index in [0.29, 0.717) is 18.0 Å². The van der Waals surface area contributed by atoms with E-state index in [1.54, 1.807) is 24.3 Å². The first-order valence-electron chi connectivity index (χ1n) is 6.68. The van der Waals surface area contributed by atoms with Gasteiger partial charge in [-0.2, -0.15) is 8.78 Å². The molecule has 2 rings (SSSR count). The molecule has 0 unspecified atom stereocenters. The summed E-state index contributed by atoms with van der Waals surface area (Å²) in [5.74, 6) is 0.0333. The summed E-state index contributed by atoms with van der Waals surface area (Å²) in [6.45, 7) is -0.633. The molecule has 0 heterocycles. The summed E-state index contributed by atoms with van der Waals surface area (Å²) < 4.78 is 34.1. The number of anilines is 1. The van der Waals surface area contributed by atoms with Gasteiger partial charge < -0.3 is 14.8 Å². The van der Waals surface area contributed by atoms with Crippen LogP contribution in [-0.2, 0) is 0 Å². The number of carbonyl (C=O) groups is 1. The number of para-hydroxylation sites is 2. The quantitative estimate of drug-likeness (QED) is 0.879. The first-order valence-corrected chi connectivity index (χ1v) is 6.68. The summed E-state index contributed by atoms with van der Waals surface area (Å²) in [4.78, 5) is 12.2. The third kappa shape index (κ3) is 4.18. The molecule has 4 nitrogen and oxygen atoms in total. The van der Waals surface area contributed by atoms with Gasteiger partial charge in [0, 0.05) is 5.56 Å². The van der Waals surface area contributed by atoms with Gasteiger partial charge in [0.15, 0.2) is 0 Å². The molecular weight excluding hydrogens is 292 g/mol. The lowest BCUT2D eigenvalue weighted by molar-refractivity contribution is -0.0498. The Morgan fingerprint density at radius 3 is 2.68 bits per heavy atom. The average Bonchev–Trinajstić information content (AvgIpc) is 2.49. The van der Waals surface area contributed by atoms with Crippen molar-refractivity contribution in [2.75, 3.05) is 11.9 Å². The molecule has 0 saturated heterocycles. The van der Waals surface area contributed by atoms with Gasteiger partial charge in [-0.05, 0) is 37.3 Å². The number of hydrogen-bond donors (Lipinski definition) is 1. The molecule has 1 amide bonds. The van der Waals surface area contributed by atoms with Crippen molar-refractivity contribution in [1.82, 2.24) is 0 Å². The van der Waals surface area contributed by atoms with Crippen LogP contribution in [0.15, 0.2) is 48.5 Å². The van der Waals surface area contributed by atoms with E-state index in [4.69, 9.17) is 4.74 Å². The van der Waals surface area contributed by atoms with Crippen LogP contribution in [0.1, 0.15) is 17.3 Å². The minimum atomic E-state index is -2.93. The summed E-state index contributed by atoms with van der Waals surface area (Å²) in [6, 6.07) is 12.6. The second-order valence-corrected chi connectivity index (χ2v) is 4.29. The number of carbonyl (C=O) groups excluding carboxylic acids is 1. The molecule has 0 atom stereocenters. The molecule has 0 fully saturated rings. The first kappa shape index (κ1) is 15.8. The lowest BCUT2D eigenvalue weighted by Gasteiger charge is -2.11. The van der Waals surface area contributed by atoms with E-state index >= 15 is 0 Å². The van der Waals surface area contributed by atoms with Crippen LogP contribution in [0.5, 0.6) is 11.5 Å². The minimum absolute atomic E-state index is 0.0688. The van der Waals surface area contributed by atoms with Crippen molar-refractivity contribution in [1.29, 1.82) is 0 Å². The van der Waals surface area contributed by atoms with Crippen LogP contribution < -0.4 is 14.8 Å². The maximum Gasteiger partial charge on any atom is 0.387 e. The SMILES string of the molecule is CCOc1ccccc1NC(=O)c1cccc(OC(F)F)c1. The van der Waals surface area contributed by atoms with Crippen molar-refractivity contribution in [3.8, 4) is 11.5 Å². The van der Waals surface area contributed by atoms with E-state index in [2.05, 4.69) is 10.1 Å². The van der Waals surface area contributed by atoms with Crippen LogP contribution in [-0.4, -0.2) is 19.1 Å². The monoisotopic (exact) mass is 307 g/mol. The summed E-state index contributed by atoms with van der Waals surface area (Å²) in [5.41, 5.74) is 0.721. The Hall–Kier alpha value is -2.63. The number of hydrogen-bond acceptors (Lipinski definition) is 3. The molecule has 1 N–H and O–H groups in total. The van der Waals surface area contributed by atoms with Crippen LogP contribution in [0.2, 0.25) is 0 Å². The molecule has 2 aromatic carbocycles.